The zero-order valence-corrected chi connectivity index (χ0v) is 17.7. The van der Waals surface area contributed by atoms with E-state index in [-0.39, 0.29) is 11.0 Å². The van der Waals surface area contributed by atoms with Crippen molar-refractivity contribution in [3.8, 4) is 11.5 Å². The van der Waals surface area contributed by atoms with Gasteiger partial charge in [0.25, 0.3) is 11.1 Å². The summed E-state index contributed by atoms with van der Waals surface area (Å²) in [6.45, 7) is 7.51. The second-order valence-electron chi connectivity index (χ2n) is 5.99. The lowest BCUT2D eigenvalue weighted by Gasteiger charge is -2.14. The molecule has 1 aromatic rings. The summed E-state index contributed by atoms with van der Waals surface area (Å²) in [5, 5.41) is -0.193. The van der Waals surface area contributed by atoms with E-state index in [1.807, 2.05) is 13.8 Å². The molecule has 1 heterocycles. The van der Waals surface area contributed by atoms with E-state index in [0.29, 0.717) is 35.3 Å². The van der Waals surface area contributed by atoms with Gasteiger partial charge in [0, 0.05) is 6.07 Å². The normalized spacial score (nSPS) is 15.5. The summed E-state index contributed by atoms with van der Waals surface area (Å²) in [5.74, 6) is -0.231. The van der Waals surface area contributed by atoms with E-state index < -0.39 is 23.7 Å². The Balaban J connectivity index is 2.27. The number of hydrogen-bond acceptors (Lipinski definition) is 7. The molecule has 152 valence electrons. The molecule has 0 aliphatic carbocycles. The average molecular weight is 428 g/mol. The summed E-state index contributed by atoms with van der Waals surface area (Å²) in [6.07, 6.45) is 1.17. The maximum absolute atomic E-state index is 12.5. The number of imide groups is 1. The van der Waals surface area contributed by atoms with Crippen molar-refractivity contribution in [1.82, 2.24) is 4.90 Å². The first-order valence-electron chi connectivity index (χ1n) is 8.80. The fourth-order valence-corrected chi connectivity index (χ4v) is 3.44. The molecule has 28 heavy (non-hydrogen) atoms. The second-order valence-corrected chi connectivity index (χ2v) is 7.39. The van der Waals surface area contributed by atoms with Crippen molar-refractivity contribution in [3.05, 3.63) is 27.6 Å². The molecule has 0 bridgehead atoms. The van der Waals surface area contributed by atoms with E-state index in [1.165, 1.54) is 6.08 Å². The molecule has 0 spiro atoms. The number of ether oxygens (including phenoxy) is 3. The standard InChI is InChI=1S/C19H22ClNO6S/c1-5-25-14-7-12(13(20)9-15(14)26-6-2)8-16-18(23)21(19(24)28-16)10-17(22)27-11(3)4/h7-9,11H,5-6,10H2,1-4H3/b16-8+. The average Bonchev–Trinajstić information content (AvgIpc) is 2.86. The van der Waals surface area contributed by atoms with Gasteiger partial charge in [-0.05, 0) is 57.2 Å². The zero-order valence-electron chi connectivity index (χ0n) is 16.1. The molecule has 2 amide bonds. The molecule has 2 rings (SSSR count). The van der Waals surface area contributed by atoms with Crippen LogP contribution in [0.2, 0.25) is 5.02 Å². The van der Waals surface area contributed by atoms with Crippen LogP contribution in [0.3, 0.4) is 0 Å². The van der Waals surface area contributed by atoms with Crippen molar-refractivity contribution in [2.24, 2.45) is 0 Å². The van der Waals surface area contributed by atoms with E-state index in [9.17, 15) is 14.4 Å². The highest BCUT2D eigenvalue weighted by molar-refractivity contribution is 8.18. The molecule has 1 aliphatic rings. The van der Waals surface area contributed by atoms with E-state index in [0.717, 1.165) is 16.7 Å². The molecule has 0 atom stereocenters. The number of esters is 1. The molecule has 0 saturated carbocycles. The van der Waals surface area contributed by atoms with E-state index in [4.69, 9.17) is 25.8 Å². The first kappa shape index (κ1) is 22.1. The van der Waals surface area contributed by atoms with Crippen molar-refractivity contribution < 1.29 is 28.6 Å². The molecule has 1 fully saturated rings. The molecule has 0 unspecified atom stereocenters. The largest absolute Gasteiger partial charge is 0.490 e. The van der Waals surface area contributed by atoms with Gasteiger partial charge in [-0.3, -0.25) is 19.3 Å². The minimum absolute atomic E-state index is 0.163. The van der Waals surface area contributed by atoms with Crippen LogP contribution in [0.4, 0.5) is 4.79 Å². The fourth-order valence-electron chi connectivity index (χ4n) is 2.40. The maximum Gasteiger partial charge on any atom is 0.326 e. The number of carbonyl (C=O) groups excluding carboxylic acids is 3. The summed E-state index contributed by atoms with van der Waals surface area (Å²) in [6, 6.07) is 3.25. The second kappa shape index (κ2) is 9.84. The van der Waals surface area contributed by atoms with Crippen LogP contribution < -0.4 is 9.47 Å². The number of halogens is 1. The summed E-state index contributed by atoms with van der Waals surface area (Å²) in [5.41, 5.74) is 0.504. The Labute approximate surface area is 172 Å². The number of rotatable bonds is 8. The molecule has 1 aliphatic heterocycles. The lowest BCUT2D eigenvalue weighted by Crippen LogP contribution is -2.35. The van der Waals surface area contributed by atoms with Crippen LogP contribution >= 0.6 is 23.4 Å². The van der Waals surface area contributed by atoms with Gasteiger partial charge in [-0.2, -0.15) is 0 Å². The van der Waals surface area contributed by atoms with E-state index >= 15 is 0 Å². The third-order valence-corrected chi connectivity index (χ3v) is 4.71. The maximum atomic E-state index is 12.5. The number of hydrogen-bond donors (Lipinski definition) is 0. The molecule has 9 heteroatoms. The Morgan fingerprint density at radius 2 is 1.79 bits per heavy atom. The molecular formula is C19H22ClNO6S. The van der Waals surface area contributed by atoms with Crippen LogP contribution in [0.1, 0.15) is 33.3 Å². The molecule has 1 aromatic carbocycles. The molecular weight excluding hydrogens is 406 g/mol. The van der Waals surface area contributed by atoms with Gasteiger partial charge in [-0.1, -0.05) is 11.6 Å². The van der Waals surface area contributed by atoms with Crippen LogP contribution in [0, 0.1) is 0 Å². The van der Waals surface area contributed by atoms with Crippen LogP contribution in [-0.4, -0.2) is 47.9 Å². The van der Waals surface area contributed by atoms with Gasteiger partial charge in [0.05, 0.1) is 29.2 Å². The number of thioether (sulfide) groups is 1. The third-order valence-electron chi connectivity index (χ3n) is 3.48. The van der Waals surface area contributed by atoms with Crippen molar-refractivity contribution in [2.75, 3.05) is 19.8 Å². The summed E-state index contributed by atoms with van der Waals surface area (Å²) in [4.78, 5) is 37.5. The highest BCUT2D eigenvalue weighted by Crippen LogP contribution is 2.38. The first-order valence-corrected chi connectivity index (χ1v) is 10.00. The monoisotopic (exact) mass is 427 g/mol. The van der Waals surface area contributed by atoms with E-state index in [1.54, 1.807) is 26.0 Å². The SMILES string of the molecule is CCOc1cc(Cl)c(/C=C2/SC(=O)N(CC(=O)OC(C)C)C2=O)cc1OCC. The topological polar surface area (TPSA) is 82.1 Å². The van der Waals surface area contributed by atoms with Crippen LogP contribution in [0.25, 0.3) is 6.08 Å². The molecule has 7 nitrogen and oxygen atoms in total. The quantitative estimate of drug-likeness (QED) is 0.455. The summed E-state index contributed by atoms with van der Waals surface area (Å²) < 4.78 is 16.1. The molecule has 0 N–H and O–H groups in total. The lowest BCUT2D eigenvalue weighted by molar-refractivity contribution is -0.149. The minimum atomic E-state index is -0.642. The lowest BCUT2D eigenvalue weighted by atomic mass is 10.1. The smallest absolute Gasteiger partial charge is 0.326 e. The van der Waals surface area contributed by atoms with Crippen molar-refractivity contribution in [3.63, 3.8) is 0 Å². The first-order chi connectivity index (χ1) is 13.3. The Morgan fingerprint density at radius 1 is 1.18 bits per heavy atom. The Morgan fingerprint density at radius 3 is 2.36 bits per heavy atom. The van der Waals surface area contributed by atoms with Crippen LogP contribution in [0.15, 0.2) is 17.0 Å². The predicted octanol–water partition coefficient (Wildman–Crippen LogP) is 4.13. The number of amides is 2. The molecule has 0 radical (unpaired) electrons. The van der Waals surface area contributed by atoms with E-state index in [2.05, 4.69) is 0 Å². The van der Waals surface area contributed by atoms with Crippen LogP contribution in [-0.2, 0) is 14.3 Å². The highest BCUT2D eigenvalue weighted by Gasteiger charge is 2.37. The Hall–Kier alpha value is -2.19. The summed E-state index contributed by atoms with van der Waals surface area (Å²) >= 11 is 7.04. The van der Waals surface area contributed by atoms with Crippen LogP contribution in [0.5, 0.6) is 11.5 Å². The van der Waals surface area contributed by atoms with Gasteiger partial charge >= 0.3 is 5.97 Å². The van der Waals surface area contributed by atoms with Gasteiger partial charge in [-0.25, -0.2) is 0 Å². The molecule has 0 aromatic heterocycles. The zero-order chi connectivity index (χ0) is 20.8. The van der Waals surface area contributed by atoms with Gasteiger partial charge < -0.3 is 14.2 Å². The summed E-state index contributed by atoms with van der Waals surface area (Å²) in [7, 11) is 0. The minimum Gasteiger partial charge on any atom is -0.490 e. The molecule has 1 saturated heterocycles. The number of nitrogens with zero attached hydrogens (tertiary/aromatic N) is 1. The van der Waals surface area contributed by atoms with Gasteiger partial charge in [0.15, 0.2) is 11.5 Å². The van der Waals surface area contributed by atoms with Crippen molar-refractivity contribution >= 4 is 46.6 Å². The van der Waals surface area contributed by atoms with Crippen molar-refractivity contribution in [2.45, 2.75) is 33.8 Å². The number of carbonyl (C=O) groups is 3. The number of benzene rings is 1. The van der Waals surface area contributed by atoms with Gasteiger partial charge in [0.2, 0.25) is 0 Å². The Bertz CT molecular complexity index is 808. The predicted molar refractivity (Wildman–Crippen MR) is 108 cm³/mol. The fraction of sp³-hybridized carbons (Fsp3) is 0.421. The van der Waals surface area contributed by atoms with Crippen molar-refractivity contribution in [1.29, 1.82) is 0 Å². The Kier molecular flexibility index (Phi) is 7.77. The van der Waals surface area contributed by atoms with Gasteiger partial charge in [0.1, 0.15) is 6.54 Å². The highest BCUT2D eigenvalue weighted by atomic mass is 35.5. The third kappa shape index (κ3) is 5.42. The van der Waals surface area contributed by atoms with Gasteiger partial charge in [-0.15, -0.1) is 0 Å².